The molecular weight excluding hydrogens is 444 g/mol. The van der Waals surface area contributed by atoms with Gasteiger partial charge in [0.1, 0.15) is 0 Å². The van der Waals surface area contributed by atoms with Gasteiger partial charge in [-0.1, -0.05) is 65.8 Å². The molecule has 3 rings (SSSR count). The number of carbonyl (C=O) groups excluding carboxylic acids is 2. The summed E-state index contributed by atoms with van der Waals surface area (Å²) < 4.78 is 1.17. The fourth-order valence-electron chi connectivity index (χ4n) is 2.46. The van der Waals surface area contributed by atoms with Crippen molar-refractivity contribution >= 4 is 62.1 Å². The SMILES string of the molecule is CC(C)c1ccc(/C=C2/SC(=S)N(NC(=O)c3ccc(Br)cc3)C2=O)cc1. The first-order valence-electron chi connectivity index (χ1n) is 8.29. The lowest BCUT2D eigenvalue weighted by molar-refractivity contribution is -0.123. The first-order valence-corrected chi connectivity index (χ1v) is 10.3. The predicted octanol–water partition coefficient (Wildman–Crippen LogP) is 5.12. The van der Waals surface area contributed by atoms with Gasteiger partial charge in [0, 0.05) is 10.0 Å². The molecule has 0 aliphatic carbocycles. The lowest BCUT2D eigenvalue weighted by Gasteiger charge is -2.15. The van der Waals surface area contributed by atoms with Crippen LogP contribution in [0.1, 0.15) is 41.3 Å². The quantitative estimate of drug-likeness (QED) is 0.508. The second kappa shape index (κ2) is 8.37. The zero-order chi connectivity index (χ0) is 19.6. The van der Waals surface area contributed by atoms with E-state index in [9.17, 15) is 9.59 Å². The first kappa shape index (κ1) is 19.8. The lowest BCUT2D eigenvalue weighted by Crippen LogP contribution is -2.44. The van der Waals surface area contributed by atoms with Gasteiger partial charge in [0.25, 0.3) is 11.8 Å². The molecule has 4 nitrogen and oxygen atoms in total. The molecule has 0 saturated carbocycles. The van der Waals surface area contributed by atoms with E-state index in [0.29, 0.717) is 20.7 Å². The van der Waals surface area contributed by atoms with Gasteiger partial charge in [0.15, 0.2) is 4.32 Å². The van der Waals surface area contributed by atoms with Crippen LogP contribution in [0.2, 0.25) is 0 Å². The van der Waals surface area contributed by atoms with Crippen molar-refractivity contribution in [2.75, 3.05) is 0 Å². The smallest absolute Gasteiger partial charge is 0.267 e. The van der Waals surface area contributed by atoms with Crippen molar-refractivity contribution < 1.29 is 9.59 Å². The van der Waals surface area contributed by atoms with Crippen molar-refractivity contribution in [3.63, 3.8) is 0 Å². The van der Waals surface area contributed by atoms with Gasteiger partial charge in [0.05, 0.1) is 4.91 Å². The summed E-state index contributed by atoms with van der Waals surface area (Å²) in [7, 11) is 0. The third-order valence-electron chi connectivity index (χ3n) is 4.01. The summed E-state index contributed by atoms with van der Waals surface area (Å²) in [6.07, 6.45) is 1.79. The fraction of sp³-hybridized carbons (Fsp3) is 0.150. The van der Waals surface area contributed by atoms with Crippen LogP contribution in [0.15, 0.2) is 57.9 Å². The largest absolute Gasteiger partial charge is 0.285 e. The van der Waals surface area contributed by atoms with Crippen molar-refractivity contribution in [1.29, 1.82) is 0 Å². The normalized spacial score (nSPS) is 15.7. The minimum atomic E-state index is -0.388. The average Bonchev–Trinajstić information content (AvgIpc) is 2.90. The van der Waals surface area contributed by atoms with Crippen LogP contribution in [0.3, 0.4) is 0 Å². The molecule has 138 valence electrons. The summed E-state index contributed by atoms with van der Waals surface area (Å²) in [5.74, 6) is -0.268. The Kier molecular flexibility index (Phi) is 6.14. The van der Waals surface area contributed by atoms with Gasteiger partial charge in [-0.15, -0.1) is 0 Å². The molecule has 27 heavy (non-hydrogen) atoms. The van der Waals surface area contributed by atoms with Crippen LogP contribution in [0.4, 0.5) is 0 Å². The van der Waals surface area contributed by atoms with Crippen LogP contribution in [0.5, 0.6) is 0 Å². The Morgan fingerprint density at radius 2 is 1.78 bits per heavy atom. The molecule has 2 amide bonds. The number of amides is 2. The summed E-state index contributed by atoms with van der Waals surface area (Å²) in [5.41, 5.74) is 5.18. The van der Waals surface area contributed by atoms with Crippen molar-refractivity contribution in [3.05, 3.63) is 74.6 Å². The number of thioether (sulfide) groups is 1. The summed E-state index contributed by atoms with van der Waals surface area (Å²) in [5, 5.41) is 1.12. The Bertz CT molecular complexity index is 922. The summed E-state index contributed by atoms with van der Waals surface area (Å²) >= 11 is 9.76. The Labute approximate surface area is 176 Å². The molecule has 2 aromatic rings. The van der Waals surface area contributed by atoms with Gasteiger partial charge >= 0.3 is 0 Å². The minimum absolute atomic E-state index is 0.301. The third-order valence-corrected chi connectivity index (χ3v) is 5.85. The molecule has 0 spiro atoms. The zero-order valence-corrected chi connectivity index (χ0v) is 18.0. The number of thiocarbonyl (C=S) groups is 1. The average molecular weight is 461 g/mol. The third kappa shape index (κ3) is 4.66. The van der Waals surface area contributed by atoms with Crippen LogP contribution in [0.25, 0.3) is 6.08 Å². The van der Waals surface area contributed by atoms with Crippen molar-refractivity contribution in [1.82, 2.24) is 10.4 Å². The number of rotatable bonds is 4. The second-order valence-corrected chi connectivity index (χ2v) is 8.88. The minimum Gasteiger partial charge on any atom is -0.267 e. The molecule has 2 aromatic carbocycles. The van der Waals surface area contributed by atoms with Gasteiger partial charge in [-0.2, -0.15) is 5.01 Å². The number of hydrazine groups is 1. The Hall–Kier alpha value is -1.96. The summed E-state index contributed by atoms with van der Waals surface area (Å²) in [6, 6.07) is 14.9. The molecule has 1 aliphatic rings. The van der Waals surface area contributed by atoms with Gasteiger partial charge in [0.2, 0.25) is 0 Å². The van der Waals surface area contributed by atoms with E-state index in [0.717, 1.165) is 15.0 Å². The van der Waals surface area contributed by atoms with Gasteiger partial charge < -0.3 is 0 Å². The van der Waals surface area contributed by atoms with E-state index in [4.69, 9.17) is 12.2 Å². The van der Waals surface area contributed by atoms with E-state index in [1.54, 1.807) is 30.3 Å². The first-order chi connectivity index (χ1) is 12.8. The molecular formula is C20H17BrN2O2S2. The maximum absolute atomic E-state index is 12.6. The van der Waals surface area contributed by atoms with Crippen LogP contribution in [-0.2, 0) is 4.79 Å². The Balaban J connectivity index is 1.74. The van der Waals surface area contributed by atoms with E-state index in [1.807, 2.05) is 24.3 Å². The lowest BCUT2D eigenvalue weighted by atomic mass is 10.0. The van der Waals surface area contributed by atoms with Crippen LogP contribution < -0.4 is 5.43 Å². The predicted molar refractivity (Wildman–Crippen MR) is 117 cm³/mol. The summed E-state index contributed by atoms with van der Waals surface area (Å²) in [4.78, 5) is 25.5. The molecule has 0 unspecified atom stereocenters. The van der Waals surface area contributed by atoms with E-state index in [-0.39, 0.29) is 11.8 Å². The molecule has 7 heteroatoms. The van der Waals surface area contributed by atoms with Gasteiger partial charge in [-0.05, 0) is 59.6 Å². The topological polar surface area (TPSA) is 49.4 Å². The van der Waals surface area contributed by atoms with Crippen molar-refractivity contribution in [2.24, 2.45) is 0 Å². The monoisotopic (exact) mass is 460 g/mol. The maximum Gasteiger partial charge on any atom is 0.285 e. The number of carbonyl (C=O) groups is 2. The number of nitrogens with zero attached hydrogens (tertiary/aromatic N) is 1. The van der Waals surface area contributed by atoms with E-state index >= 15 is 0 Å². The van der Waals surface area contributed by atoms with Crippen molar-refractivity contribution in [3.8, 4) is 0 Å². The van der Waals surface area contributed by atoms with Crippen LogP contribution >= 0.6 is 39.9 Å². The molecule has 1 N–H and O–H groups in total. The molecule has 1 heterocycles. The molecule has 0 radical (unpaired) electrons. The molecule has 0 atom stereocenters. The number of benzene rings is 2. The van der Waals surface area contributed by atoms with Gasteiger partial charge in [-0.3, -0.25) is 15.0 Å². The highest BCUT2D eigenvalue weighted by Gasteiger charge is 2.33. The molecule has 1 aliphatic heterocycles. The van der Waals surface area contributed by atoms with E-state index in [1.165, 1.54) is 17.3 Å². The number of nitrogens with one attached hydrogen (secondary N) is 1. The van der Waals surface area contributed by atoms with Gasteiger partial charge in [-0.25, -0.2) is 0 Å². The van der Waals surface area contributed by atoms with E-state index < -0.39 is 0 Å². The maximum atomic E-state index is 12.6. The molecule has 0 bridgehead atoms. The van der Waals surface area contributed by atoms with E-state index in [2.05, 4.69) is 35.2 Å². The number of hydrogen-bond acceptors (Lipinski definition) is 4. The Morgan fingerprint density at radius 1 is 1.15 bits per heavy atom. The van der Waals surface area contributed by atoms with Crippen molar-refractivity contribution in [2.45, 2.75) is 19.8 Å². The van der Waals surface area contributed by atoms with Crippen LogP contribution in [-0.4, -0.2) is 21.1 Å². The molecule has 1 saturated heterocycles. The summed E-state index contributed by atoms with van der Waals surface area (Å²) in [6.45, 7) is 4.27. The molecule has 0 aromatic heterocycles. The number of hydrogen-bond donors (Lipinski definition) is 1. The Morgan fingerprint density at radius 3 is 2.37 bits per heavy atom. The fourth-order valence-corrected chi connectivity index (χ4v) is 3.90. The highest BCUT2D eigenvalue weighted by molar-refractivity contribution is 9.10. The zero-order valence-electron chi connectivity index (χ0n) is 14.7. The second-order valence-electron chi connectivity index (χ2n) is 6.29. The molecule has 1 fully saturated rings. The standard InChI is InChI=1S/C20H17BrN2O2S2/c1-12(2)14-5-3-13(4-6-14)11-17-19(25)23(20(26)27-17)22-18(24)15-7-9-16(21)10-8-15/h3-12H,1-2H3,(H,22,24)/b17-11+. The highest BCUT2D eigenvalue weighted by atomic mass is 79.9. The van der Waals surface area contributed by atoms with Crippen LogP contribution in [0, 0.1) is 0 Å². The highest BCUT2D eigenvalue weighted by Crippen LogP contribution is 2.31. The number of halogens is 1.